The van der Waals surface area contributed by atoms with Gasteiger partial charge in [-0.25, -0.2) is 9.38 Å². The molecule has 6 heteroatoms. The van der Waals surface area contributed by atoms with E-state index in [4.69, 9.17) is 11.6 Å². The van der Waals surface area contributed by atoms with Gasteiger partial charge in [-0.15, -0.1) is 0 Å². The molecule has 1 heterocycles. The Morgan fingerprint density at radius 2 is 1.91 bits per heavy atom. The van der Waals surface area contributed by atoms with E-state index in [1.165, 1.54) is 23.9 Å². The summed E-state index contributed by atoms with van der Waals surface area (Å²) in [6.45, 7) is 0. The molecule has 2 aromatic carbocycles. The molecule has 0 bridgehead atoms. The highest BCUT2D eigenvalue weighted by Gasteiger charge is 2.30. The van der Waals surface area contributed by atoms with Crippen LogP contribution in [0.2, 0.25) is 5.02 Å². The van der Waals surface area contributed by atoms with Crippen molar-refractivity contribution in [3.05, 3.63) is 64.9 Å². The normalized spacial score (nSPS) is 19.5. The van der Waals surface area contributed by atoms with Crippen molar-refractivity contribution in [3.63, 3.8) is 0 Å². The number of carbonyl (C=O) groups is 1. The zero-order chi connectivity index (χ0) is 15.5. The maximum Gasteiger partial charge on any atom is 0.239 e. The van der Waals surface area contributed by atoms with Crippen LogP contribution in [0.25, 0.3) is 0 Å². The fourth-order valence-electron chi connectivity index (χ4n) is 2.09. The number of thioether (sulfide) groups is 1. The molecule has 1 saturated heterocycles. The number of hydrogen-bond donors (Lipinski definition) is 1. The Bertz CT molecular complexity index is 733. The lowest BCUT2D eigenvalue weighted by molar-refractivity contribution is -0.118. The summed E-state index contributed by atoms with van der Waals surface area (Å²) in [4.78, 5) is 16.3. The highest BCUT2D eigenvalue weighted by molar-refractivity contribution is 8.15. The van der Waals surface area contributed by atoms with E-state index in [1.54, 1.807) is 12.1 Å². The van der Waals surface area contributed by atoms with Gasteiger partial charge < -0.3 is 5.32 Å². The summed E-state index contributed by atoms with van der Waals surface area (Å²) < 4.78 is 12.9. The fourth-order valence-corrected chi connectivity index (χ4v) is 3.32. The maximum atomic E-state index is 12.9. The highest BCUT2D eigenvalue weighted by atomic mass is 35.5. The van der Waals surface area contributed by atoms with Crippen molar-refractivity contribution in [2.75, 3.05) is 0 Å². The largest absolute Gasteiger partial charge is 0.304 e. The summed E-state index contributed by atoms with van der Waals surface area (Å²) in [7, 11) is 0. The fraction of sp³-hybridized carbons (Fsp3) is 0.125. The van der Waals surface area contributed by atoms with Crippen molar-refractivity contribution < 1.29 is 9.18 Å². The number of carbonyl (C=O) groups excluding carboxylic acids is 1. The van der Waals surface area contributed by atoms with Crippen LogP contribution in [0.3, 0.4) is 0 Å². The van der Waals surface area contributed by atoms with Crippen molar-refractivity contribution in [2.24, 2.45) is 4.99 Å². The van der Waals surface area contributed by atoms with Gasteiger partial charge in [0.05, 0.1) is 10.9 Å². The van der Waals surface area contributed by atoms with Gasteiger partial charge in [0.15, 0.2) is 5.17 Å². The van der Waals surface area contributed by atoms with Crippen molar-refractivity contribution >= 4 is 40.1 Å². The number of amides is 1. The lowest BCUT2D eigenvalue weighted by Gasteiger charge is -2.06. The molecule has 2 aromatic rings. The highest BCUT2D eigenvalue weighted by Crippen LogP contribution is 2.27. The first kappa shape index (κ1) is 15.1. The molecule has 1 aliphatic heterocycles. The average molecular weight is 335 g/mol. The second kappa shape index (κ2) is 6.50. The molecule has 0 radical (unpaired) electrons. The number of benzene rings is 2. The minimum Gasteiger partial charge on any atom is -0.304 e. The number of hydrogen-bond acceptors (Lipinski definition) is 3. The van der Waals surface area contributed by atoms with E-state index in [-0.39, 0.29) is 17.0 Å². The quantitative estimate of drug-likeness (QED) is 0.923. The smallest absolute Gasteiger partial charge is 0.239 e. The van der Waals surface area contributed by atoms with E-state index in [0.29, 0.717) is 22.3 Å². The zero-order valence-corrected chi connectivity index (χ0v) is 13.0. The second-order valence-corrected chi connectivity index (χ2v) is 6.38. The number of halogens is 2. The molecule has 0 saturated carbocycles. The van der Waals surface area contributed by atoms with Crippen molar-refractivity contribution in [3.8, 4) is 0 Å². The number of nitrogens with one attached hydrogen (secondary N) is 1. The van der Waals surface area contributed by atoms with Gasteiger partial charge in [0.2, 0.25) is 5.91 Å². The lowest BCUT2D eigenvalue weighted by Crippen LogP contribution is -2.26. The standard InChI is InChI=1S/C16H12ClFN2OS/c17-13-4-2-1-3-10(13)9-14-15(21)20-16(22-14)19-12-7-5-11(18)6-8-12/h1-8,14H,9H2,(H,19,20,21). The van der Waals surface area contributed by atoms with E-state index >= 15 is 0 Å². The predicted octanol–water partition coefficient (Wildman–Crippen LogP) is 3.94. The molecule has 1 aliphatic rings. The average Bonchev–Trinajstić information content (AvgIpc) is 2.84. The Morgan fingerprint density at radius 3 is 2.64 bits per heavy atom. The first-order valence-corrected chi connectivity index (χ1v) is 7.93. The van der Waals surface area contributed by atoms with Crippen LogP contribution in [0.15, 0.2) is 53.5 Å². The Balaban J connectivity index is 1.73. The van der Waals surface area contributed by atoms with Crippen molar-refractivity contribution in [1.29, 1.82) is 0 Å². The van der Waals surface area contributed by atoms with Gasteiger partial charge in [0, 0.05) is 5.02 Å². The van der Waals surface area contributed by atoms with Gasteiger partial charge in [-0.3, -0.25) is 4.79 Å². The summed E-state index contributed by atoms with van der Waals surface area (Å²) in [5.74, 6) is -0.408. The molecular formula is C16H12ClFN2OS. The van der Waals surface area contributed by atoms with E-state index in [2.05, 4.69) is 10.3 Å². The zero-order valence-electron chi connectivity index (χ0n) is 11.4. The molecule has 1 atom stereocenters. The molecule has 1 fully saturated rings. The first-order valence-electron chi connectivity index (χ1n) is 6.67. The Kier molecular flexibility index (Phi) is 4.45. The van der Waals surface area contributed by atoms with E-state index in [0.717, 1.165) is 5.56 Å². The number of amidine groups is 1. The topological polar surface area (TPSA) is 41.5 Å². The summed E-state index contributed by atoms with van der Waals surface area (Å²) in [5.41, 5.74) is 1.53. The number of rotatable bonds is 3. The van der Waals surface area contributed by atoms with Crippen LogP contribution in [-0.4, -0.2) is 16.3 Å². The second-order valence-electron chi connectivity index (χ2n) is 4.78. The van der Waals surface area contributed by atoms with Crippen molar-refractivity contribution in [2.45, 2.75) is 11.7 Å². The van der Waals surface area contributed by atoms with Crippen LogP contribution in [0.4, 0.5) is 10.1 Å². The molecule has 22 heavy (non-hydrogen) atoms. The SMILES string of the molecule is O=C1NC(=Nc2ccc(F)cc2)SC1Cc1ccccc1Cl. The molecule has 112 valence electrons. The maximum absolute atomic E-state index is 12.9. The van der Waals surface area contributed by atoms with Gasteiger partial charge in [-0.1, -0.05) is 41.6 Å². The monoisotopic (exact) mass is 334 g/mol. The molecule has 3 rings (SSSR count). The molecular weight excluding hydrogens is 323 g/mol. The predicted molar refractivity (Wildman–Crippen MR) is 88.2 cm³/mol. The van der Waals surface area contributed by atoms with Crippen LogP contribution in [0, 0.1) is 5.82 Å². The van der Waals surface area contributed by atoms with E-state index < -0.39 is 0 Å². The summed E-state index contributed by atoms with van der Waals surface area (Å²) >= 11 is 7.48. The van der Waals surface area contributed by atoms with Gasteiger partial charge in [-0.2, -0.15) is 0 Å². The summed E-state index contributed by atoms with van der Waals surface area (Å²) in [5, 5.41) is 3.65. The number of aliphatic imine (C=N–C) groups is 1. The summed E-state index contributed by atoms with van der Waals surface area (Å²) in [6, 6.07) is 13.3. The first-order chi connectivity index (χ1) is 10.6. The van der Waals surface area contributed by atoms with Crippen LogP contribution >= 0.6 is 23.4 Å². The van der Waals surface area contributed by atoms with Gasteiger partial charge in [0.25, 0.3) is 0 Å². The summed E-state index contributed by atoms with van der Waals surface area (Å²) in [6.07, 6.45) is 0.540. The third kappa shape index (κ3) is 3.48. The van der Waals surface area contributed by atoms with Crippen LogP contribution < -0.4 is 5.32 Å². The Hall–Kier alpha value is -1.85. The van der Waals surface area contributed by atoms with Crippen LogP contribution in [0.5, 0.6) is 0 Å². The minimum absolute atomic E-state index is 0.0919. The van der Waals surface area contributed by atoms with E-state index in [1.807, 2.05) is 24.3 Å². The number of nitrogens with zero attached hydrogens (tertiary/aromatic N) is 1. The Labute approximate surface area is 136 Å². The van der Waals surface area contributed by atoms with Gasteiger partial charge >= 0.3 is 0 Å². The molecule has 0 aliphatic carbocycles. The van der Waals surface area contributed by atoms with Crippen LogP contribution in [-0.2, 0) is 11.2 Å². The molecule has 1 N–H and O–H groups in total. The molecule has 1 unspecified atom stereocenters. The molecule has 0 aromatic heterocycles. The molecule has 1 amide bonds. The van der Waals surface area contributed by atoms with Crippen LogP contribution in [0.1, 0.15) is 5.56 Å². The molecule has 0 spiro atoms. The van der Waals surface area contributed by atoms with E-state index in [9.17, 15) is 9.18 Å². The third-order valence-electron chi connectivity index (χ3n) is 3.20. The van der Waals surface area contributed by atoms with Gasteiger partial charge in [-0.05, 0) is 42.3 Å². The lowest BCUT2D eigenvalue weighted by atomic mass is 10.1. The van der Waals surface area contributed by atoms with Gasteiger partial charge in [0.1, 0.15) is 5.82 Å². The Morgan fingerprint density at radius 1 is 1.18 bits per heavy atom. The minimum atomic E-state index is -0.316. The van der Waals surface area contributed by atoms with Crippen molar-refractivity contribution in [1.82, 2.24) is 5.32 Å². The third-order valence-corrected chi connectivity index (χ3v) is 4.65. The molecule has 3 nitrogen and oxygen atoms in total.